The molecule has 0 spiro atoms. The first-order chi connectivity index (χ1) is 9.33. The van der Waals surface area contributed by atoms with E-state index in [2.05, 4.69) is 10.6 Å². The van der Waals surface area contributed by atoms with E-state index in [4.69, 9.17) is 4.74 Å². The highest BCUT2D eigenvalue weighted by atomic mass is 16.5. The van der Waals surface area contributed by atoms with Crippen LogP contribution in [0, 0.1) is 0 Å². The Morgan fingerprint density at radius 2 is 2.37 bits per heavy atom. The minimum absolute atomic E-state index is 0.00864. The number of nitrogens with one attached hydrogen (secondary N) is 2. The molecule has 102 valence electrons. The van der Waals surface area contributed by atoms with E-state index in [0.717, 1.165) is 43.7 Å². The van der Waals surface area contributed by atoms with E-state index in [1.54, 1.807) is 0 Å². The maximum absolute atomic E-state index is 12.1. The molecule has 19 heavy (non-hydrogen) atoms. The summed E-state index contributed by atoms with van der Waals surface area (Å²) < 4.78 is 5.61. The van der Waals surface area contributed by atoms with Crippen molar-refractivity contribution in [3.63, 3.8) is 0 Å². The minimum Gasteiger partial charge on any atom is -0.384 e. The van der Waals surface area contributed by atoms with Gasteiger partial charge in [-0.1, -0.05) is 6.07 Å². The average molecular weight is 260 g/mol. The lowest BCUT2D eigenvalue weighted by Crippen LogP contribution is -2.35. The molecule has 1 fully saturated rings. The van der Waals surface area contributed by atoms with E-state index in [0.29, 0.717) is 6.54 Å². The Labute approximate surface area is 113 Å². The predicted octanol–water partition coefficient (Wildman–Crippen LogP) is 1.95. The topological polar surface area (TPSA) is 50.4 Å². The van der Waals surface area contributed by atoms with Gasteiger partial charge in [0.1, 0.15) is 0 Å². The summed E-state index contributed by atoms with van der Waals surface area (Å²) in [5.41, 5.74) is 3.12. The van der Waals surface area contributed by atoms with E-state index < -0.39 is 0 Å². The fourth-order valence-corrected chi connectivity index (χ4v) is 2.71. The van der Waals surface area contributed by atoms with E-state index in [1.807, 2.05) is 18.2 Å². The van der Waals surface area contributed by atoms with E-state index >= 15 is 0 Å². The van der Waals surface area contributed by atoms with Gasteiger partial charge in [0.05, 0.1) is 6.10 Å². The van der Waals surface area contributed by atoms with Crippen LogP contribution in [0.25, 0.3) is 0 Å². The predicted molar refractivity (Wildman–Crippen MR) is 74.6 cm³/mol. The van der Waals surface area contributed by atoms with Crippen LogP contribution in [0.3, 0.4) is 0 Å². The Balaban J connectivity index is 1.57. The maximum Gasteiger partial charge on any atom is 0.251 e. The van der Waals surface area contributed by atoms with Gasteiger partial charge in [-0.3, -0.25) is 4.79 Å². The van der Waals surface area contributed by atoms with Crippen LogP contribution < -0.4 is 10.6 Å². The van der Waals surface area contributed by atoms with Gasteiger partial charge in [0, 0.05) is 30.9 Å². The first-order valence-electron chi connectivity index (χ1n) is 7.09. The van der Waals surface area contributed by atoms with Gasteiger partial charge in [0.25, 0.3) is 5.91 Å². The number of benzene rings is 1. The SMILES string of the molecule is O=C(NCC1CCCCO1)c1ccc2c(c1)NCC2. The van der Waals surface area contributed by atoms with Crippen molar-refractivity contribution in [2.45, 2.75) is 31.8 Å². The number of hydrogen-bond donors (Lipinski definition) is 2. The molecule has 3 rings (SSSR count). The van der Waals surface area contributed by atoms with Gasteiger partial charge in [-0.25, -0.2) is 0 Å². The number of carbonyl (C=O) groups excluding carboxylic acids is 1. The molecule has 2 heterocycles. The largest absolute Gasteiger partial charge is 0.384 e. The summed E-state index contributed by atoms with van der Waals surface area (Å²) in [4.78, 5) is 12.1. The van der Waals surface area contributed by atoms with Crippen LogP contribution in [0.2, 0.25) is 0 Å². The van der Waals surface area contributed by atoms with Crippen molar-refractivity contribution in [3.05, 3.63) is 29.3 Å². The zero-order chi connectivity index (χ0) is 13.1. The maximum atomic E-state index is 12.1. The lowest BCUT2D eigenvalue weighted by molar-refractivity contribution is 0.0169. The molecule has 1 amide bonds. The van der Waals surface area contributed by atoms with Gasteiger partial charge in [-0.15, -0.1) is 0 Å². The molecule has 1 atom stereocenters. The molecule has 0 radical (unpaired) electrons. The molecular weight excluding hydrogens is 240 g/mol. The number of hydrogen-bond acceptors (Lipinski definition) is 3. The third kappa shape index (κ3) is 2.89. The quantitative estimate of drug-likeness (QED) is 0.873. The first-order valence-corrected chi connectivity index (χ1v) is 7.09. The van der Waals surface area contributed by atoms with Gasteiger partial charge in [-0.05, 0) is 43.4 Å². The fraction of sp³-hybridized carbons (Fsp3) is 0.533. The standard InChI is InChI=1S/C15H20N2O2/c18-15(17-10-13-3-1-2-8-19-13)12-5-4-11-6-7-16-14(11)9-12/h4-5,9,13,16H,1-3,6-8,10H2,(H,17,18). The van der Waals surface area contributed by atoms with E-state index in [9.17, 15) is 4.79 Å². The van der Waals surface area contributed by atoms with Crippen LogP contribution in [0.4, 0.5) is 5.69 Å². The molecule has 0 bridgehead atoms. The number of carbonyl (C=O) groups is 1. The third-order valence-corrected chi connectivity index (χ3v) is 3.85. The van der Waals surface area contributed by atoms with Crippen molar-refractivity contribution < 1.29 is 9.53 Å². The monoisotopic (exact) mass is 260 g/mol. The van der Waals surface area contributed by atoms with Crippen molar-refractivity contribution >= 4 is 11.6 Å². The van der Waals surface area contributed by atoms with Crippen molar-refractivity contribution in [1.82, 2.24) is 5.32 Å². The zero-order valence-electron chi connectivity index (χ0n) is 11.1. The summed E-state index contributed by atoms with van der Waals surface area (Å²) >= 11 is 0. The van der Waals surface area contributed by atoms with Crippen molar-refractivity contribution in [1.29, 1.82) is 0 Å². The second-order valence-electron chi connectivity index (χ2n) is 5.25. The summed E-state index contributed by atoms with van der Waals surface area (Å²) in [5.74, 6) is -0.00864. The average Bonchev–Trinajstić information content (AvgIpc) is 2.93. The summed E-state index contributed by atoms with van der Waals surface area (Å²) in [6, 6.07) is 5.89. The third-order valence-electron chi connectivity index (χ3n) is 3.85. The number of anilines is 1. The lowest BCUT2D eigenvalue weighted by atomic mass is 10.1. The van der Waals surface area contributed by atoms with Crippen LogP contribution in [0.1, 0.15) is 35.2 Å². The zero-order valence-corrected chi connectivity index (χ0v) is 11.1. The molecule has 0 aromatic heterocycles. The van der Waals surface area contributed by atoms with Crippen molar-refractivity contribution in [2.75, 3.05) is 25.0 Å². The molecule has 1 aromatic carbocycles. The molecule has 2 aliphatic heterocycles. The first kappa shape index (κ1) is 12.5. The Hall–Kier alpha value is -1.55. The van der Waals surface area contributed by atoms with Crippen LogP contribution in [0.15, 0.2) is 18.2 Å². The molecule has 0 aliphatic carbocycles. The summed E-state index contributed by atoms with van der Waals surface area (Å²) in [7, 11) is 0. The lowest BCUT2D eigenvalue weighted by Gasteiger charge is -2.22. The molecule has 0 saturated carbocycles. The number of rotatable bonds is 3. The minimum atomic E-state index is -0.00864. The van der Waals surface area contributed by atoms with Gasteiger partial charge in [0.15, 0.2) is 0 Å². The van der Waals surface area contributed by atoms with Gasteiger partial charge in [-0.2, -0.15) is 0 Å². The smallest absolute Gasteiger partial charge is 0.251 e. The Morgan fingerprint density at radius 3 is 3.21 bits per heavy atom. The van der Waals surface area contributed by atoms with Crippen LogP contribution >= 0.6 is 0 Å². The molecule has 1 aromatic rings. The summed E-state index contributed by atoms with van der Waals surface area (Å²) in [6.07, 6.45) is 4.62. The Morgan fingerprint density at radius 1 is 1.42 bits per heavy atom. The molecule has 4 heteroatoms. The highest BCUT2D eigenvalue weighted by Gasteiger charge is 2.17. The Bertz CT molecular complexity index is 467. The van der Waals surface area contributed by atoms with E-state index in [1.165, 1.54) is 12.0 Å². The van der Waals surface area contributed by atoms with E-state index in [-0.39, 0.29) is 12.0 Å². The second-order valence-corrected chi connectivity index (χ2v) is 5.25. The summed E-state index contributed by atoms with van der Waals surface area (Å²) in [5, 5.41) is 6.26. The van der Waals surface area contributed by atoms with Gasteiger partial charge < -0.3 is 15.4 Å². The highest BCUT2D eigenvalue weighted by molar-refractivity contribution is 5.95. The van der Waals surface area contributed by atoms with Crippen LogP contribution in [-0.4, -0.2) is 31.7 Å². The normalized spacial score (nSPS) is 21.6. The summed E-state index contributed by atoms with van der Waals surface area (Å²) in [6.45, 7) is 2.41. The van der Waals surface area contributed by atoms with Gasteiger partial charge >= 0.3 is 0 Å². The van der Waals surface area contributed by atoms with Gasteiger partial charge in [0.2, 0.25) is 0 Å². The molecule has 4 nitrogen and oxygen atoms in total. The Kier molecular flexibility index (Phi) is 3.69. The highest BCUT2D eigenvalue weighted by Crippen LogP contribution is 2.23. The van der Waals surface area contributed by atoms with Crippen molar-refractivity contribution in [3.8, 4) is 0 Å². The second kappa shape index (κ2) is 5.61. The molecular formula is C15H20N2O2. The number of fused-ring (bicyclic) bond motifs is 1. The van der Waals surface area contributed by atoms with Crippen molar-refractivity contribution in [2.24, 2.45) is 0 Å². The van der Waals surface area contributed by atoms with Crippen LogP contribution in [-0.2, 0) is 11.2 Å². The molecule has 1 unspecified atom stereocenters. The molecule has 2 N–H and O–H groups in total. The number of amides is 1. The molecule has 1 saturated heterocycles. The van der Waals surface area contributed by atoms with Crippen LogP contribution in [0.5, 0.6) is 0 Å². The fourth-order valence-electron chi connectivity index (χ4n) is 2.71. The number of ether oxygens (including phenoxy) is 1. The molecule has 2 aliphatic rings.